The summed E-state index contributed by atoms with van der Waals surface area (Å²) in [4.78, 5) is 6.31. The van der Waals surface area contributed by atoms with Gasteiger partial charge >= 0.3 is 0 Å². The lowest BCUT2D eigenvalue weighted by molar-refractivity contribution is 0.225. The molecule has 3 rings (SSSR count). The van der Waals surface area contributed by atoms with Crippen molar-refractivity contribution in [1.82, 2.24) is 4.98 Å². The van der Waals surface area contributed by atoms with Crippen molar-refractivity contribution in [1.29, 1.82) is 0 Å². The molecule has 4 heteroatoms. The first-order valence-electron chi connectivity index (χ1n) is 7.18. The highest BCUT2D eigenvalue weighted by Gasteiger charge is 2.37. The Kier molecular flexibility index (Phi) is 3.66. The van der Waals surface area contributed by atoms with Gasteiger partial charge in [0.2, 0.25) is 0 Å². The van der Waals surface area contributed by atoms with E-state index in [0.717, 1.165) is 13.1 Å². The quantitative estimate of drug-likeness (QED) is 0.759. The summed E-state index contributed by atoms with van der Waals surface area (Å²) < 4.78 is 14.2. The molecule has 1 aliphatic carbocycles. The van der Waals surface area contributed by atoms with Crippen LogP contribution < -0.4 is 4.90 Å². The fraction of sp³-hybridized carbons (Fsp3) is 0.667. The molecule has 2 nitrogen and oxygen atoms in total. The van der Waals surface area contributed by atoms with E-state index < -0.39 is 0 Å². The third-order valence-corrected chi connectivity index (χ3v) is 5.17. The van der Waals surface area contributed by atoms with Gasteiger partial charge < -0.3 is 4.90 Å². The molecule has 1 aromatic heterocycles. The molecule has 0 unspecified atom stereocenters. The molecule has 1 aliphatic heterocycles. The van der Waals surface area contributed by atoms with Crippen LogP contribution in [0.15, 0.2) is 12.3 Å². The fourth-order valence-electron chi connectivity index (χ4n) is 3.61. The predicted octanol–water partition coefficient (Wildman–Crippen LogP) is 4.12. The van der Waals surface area contributed by atoms with Gasteiger partial charge in [-0.1, -0.05) is 12.8 Å². The van der Waals surface area contributed by atoms with Gasteiger partial charge in [0.15, 0.2) is 11.6 Å². The van der Waals surface area contributed by atoms with E-state index in [0.29, 0.717) is 16.8 Å². The lowest BCUT2D eigenvalue weighted by Gasteiger charge is -2.40. The zero-order valence-electron chi connectivity index (χ0n) is 11.2. The molecule has 0 bridgehead atoms. The Hall–Kier alpha value is -0.830. The second-order valence-corrected chi connectivity index (χ2v) is 6.20. The Morgan fingerprint density at radius 3 is 2.53 bits per heavy atom. The third-order valence-electron chi connectivity index (χ3n) is 4.88. The van der Waals surface area contributed by atoms with Crippen LogP contribution >= 0.6 is 11.6 Å². The molecular formula is C15H20ClFN2. The molecule has 104 valence electrons. The SMILES string of the molecule is Fc1c(CCl)ccnc1N1CCC2(CCCC2)CC1. The molecule has 2 heterocycles. The molecule has 0 amide bonds. The highest BCUT2D eigenvalue weighted by molar-refractivity contribution is 6.17. The number of hydrogen-bond donors (Lipinski definition) is 0. The summed E-state index contributed by atoms with van der Waals surface area (Å²) in [7, 11) is 0. The molecule has 1 saturated heterocycles. The number of piperidine rings is 1. The molecule has 19 heavy (non-hydrogen) atoms. The molecular weight excluding hydrogens is 263 g/mol. The van der Waals surface area contributed by atoms with Gasteiger partial charge in [0.05, 0.1) is 5.88 Å². The normalized spacial score (nSPS) is 22.1. The number of pyridine rings is 1. The summed E-state index contributed by atoms with van der Waals surface area (Å²) in [5.41, 5.74) is 1.10. The van der Waals surface area contributed by atoms with Crippen LogP contribution in [-0.4, -0.2) is 18.1 Å². The second kappa shape index (κ2) is 5.28. The zero-order valence-corrected chi connectivity index (χ0v) is 11.9. The van der Waals surface area contributed by atoms with Crippen LogP contribution in [0.2, 0.25) is 0 Å². The van der Waals surface area contributed by atoms with E-state index in [1.54, 1.807) is 12.3 Å². The van der Waals surface area contributed by atoms with E-state index >= 15 is 0 Å². The molecule has 2 fully saturated rings. The minimum Gasteiger partial charge on any atom is -0.354 e. The summed E-state index contributed by atoms with van der Waals surface area (Å²) in [6.07, 6.45) is 9.48. The smallest absolute Gasteiger partial charge is 0.170 e. The first-order valence-corrected chi connectivity index (χ1v) is 7.72. The van der Waals surface area contributed by atoms with Crippen molar-refractivity contribution in [3.05, 3.63) is 23.6 Å². The standard InChI is InChI=1S/C15H20ClFN2/c16-11-12-3-8-18-14(13(12)17)19-9-6-15(7-10-19)4-1-2-5-15/h3,8H,1-2,4-7,9-11H2. The van der Waals surface area contributed by atoms with Crippen molar-refractivity contribution < 1.29 is 4.39 Å². The number of aromatic nitrogens is 1. The van der Waals surface area contributed by atoms with Crippen LogP contribution in [0.5, 0.6) is 0 Å². The van der Waals surface area contributed by atoms with Crippen molar-refractivity contribution in [2.75, 3.05) is 18.0 Å². The number of halogens is 2. The zero-order chi connectivity index (χ0) is 13.3. The van der Waals surface area contributed by atoms with Crippen molar-refractivity contribution in [3.8, 4) is 0 Å². The number of hydrogen-bond acceptors (Lipinski definition) is 2. The van der Waals surface area contributed by atoms with Crippen molar-refractivity contribution in [3.63, 3.8) is 0 Å². The Bertz CT molecular complexity index is 447. The van der Waals surface area contributed by atoms with E-state index in [2.05, 4.69) is 9.88 Å². The van der Waals surface area contributed by atoms with Gasteiger partial charge in [-0.3, -0.25) is 0 Å². The van der Waals surface area contributed by atoms with E-state index in [1.165, 1.54) is 38.5 Å². The molecule has 0 N–H and O–H groups in total. The lowest BCUT2D eigenvalue weighted by atomic mass is 9.77. The minimum absolute atomic E-state index is 0.207. The minimum atomic E-state index is -0.236. The number of rotatable bonds is 2. The molecule has 0 radical (unpaired) electrons. The number of alkyl halides is 1. The molecule has 1 spiro atoms. The summed E-state index contributed by atoms with van der Waals surface area (Å²) in [6, 6.07) is 1.66. The topological polar surface area (TPSA) is 16.1 Å². The molecule has 1 aromatic rings. The summed E-state index contributed by atoms with van der Waals surface area (Å²) in [5.74, 6) is 0.463. The van der Waals surface area contributed by atoms with Crippen molar-refractivity contribution in [2.24, 2.45) is 5.41 Å². The van der Waals surface area contributed by atoms with Gasteiger partial charge in [0, 0.05) is 24.8 Å². The van der Waals surface area contributed by atoms with Crippen LogP contribution in [0.1, 0.15) is 44.1 Å². The molecule has 0 aromatic carbocycles. The van der Waals surface area contributed by atoms with Crippen LogP contribution in [0.3, 0.4) is 0 Å². The Morgan fingerprint density at radius 1 is 1.21 bits per heavy atom. The van der Waals surface area contributed by atoms with Gasteiger partial charge in [-0.05, 0) is 37.2 Å². The van der Waals surface area contributed by atoms with E-state index in [-0.39, 0.29) is 11.7 Å². The maximum atomic E-state index is 14.2. The van der Waals surface area contributed by atoms with Crippen LogP contribution in [0, 0.1) is 11.2 Å². The van der Waals surface area contributed by atoms with Crippen LogP contribution in [0.4, 0.5) is 10.2 Å². The Labute approximate surface area is 119 Å². The van der Waals surface area contributed by atoms with Crippen LogP contribution in [-0.2, 0) is 5.88 Å². The lowest BCUT2D eigenvalue weighted by Crippen LogP contribution is -2.39. The maximum absolute atomic E-state index is 14.2. The highest BCUT2D eigenvalue weighted by Crippen LogP contribution is 2.46. The summed E-state index contributed by atoms with van der Waals surface area (Å²) in [6.45, 7) is 1.85. The average Bonchev–Trinajstić information content (AvgIpc) is 2.89. The number of anilines is 1. The van der Waals surface area contributed by atoms with Gasteiger partial charge in [0.25, 0.3) is 0 Å². The van der Waals surface area contributed by atoms with Crippen LogP contribution in [0.25, 0.3) is 0 Å². The second-order valence-electron chi connectivity index (χ2n) is 5.94. The predicted molar refractivity (Wildman–Crippen MR) is 76.1 cm³/mol. The average molecular weight is 283 g/mol. The van der Waals surface area contributed by atoms with Gasteiger partial charge in [-0.15, -0.1) is 11.6 Å². The van der Waals surface area contributed by atoms with E-state index in [1.807, 2.05) is 0 Å². The van der Waals surface area contributed by atoms with Crippen molar-refractivity contribution >= 4 is 17.4 Å². The fourth-order valence-corrected chi connectivity index (χ4v) is 3.82. The first kappa shape index (κ1) is 13.2. The monoisotopic (exact) mass is 282 g/mol. The molecule has 0 atom stereocenters. The first-order chi connectivity index (χ1) is 9.24. The van der Waals surface area contributed by atoms with E-state index in [4.69, 9.17) is 11.6 Å². The molecule has 2 aliphatic rings. The van der Waals surface area contributed by atoms with E-state index in [9.17, 15) is 4.39 Å². The summed E-state index contributed by atoms with van der Waals surface area (Å²) >= 11 is 5.76. The number of nitrogens with zero attached hydrogens (tertiary/aromatic N) is 2. The Balaban J connectivity index is 1.74. The van der Waals surface area contributed by atoms with Gasteiger partial charge in [0.1, 0.15) is 0 Å². The largest absolute Gasteiger partial charge is 0.354 e. The summed E-state index contributed by atoms with van der Waals surface area (Å²) in [5, 5.41) is 0. The molecule has 1 saturated carbocycles. The maximum Gasteiger partial charge on any atom is 0.170 e. The highest BCUT2D eigenvalue weighted by atomic mass is 35.5. The van der Waals surface area contributed by atoms with Gasteiger partial charge in [-0.2, -0.15) is 0 Å². The van der Waals surface area contributed by atoms with Crippen molar-refractivity contribution in [2.45, 2.75) is 44.4 Å². The third kappa shape index (κ3) is 2.45. The van der Waals surface area contributed by atoms with Gasteiger partial charge in [-0.25, -0.2) is 9.37 Å². The Morgan fingerprint density at radius 2 is 1.89 bits per heavy atom.